The molecule has 8 nitrogen and oxygen atoms in total. The van der Waals surface area contributed by atoms with Crippen molar-refractivity contribution in [3.05, 3.63) is 52.8 Å². The average Bonchev–Trinajstić information content (AvgIpc) is 3.09. The number of thioether (sulfide) groups is 1. The number of carbonyl (C=O) groups excluding carboxylic acids is 1. The quantitative estimate of drug-likeness (QED) is 0.268. The molecule has 2 aromatic heterocycles. The number of benzene rings is 1. The number of carbonyl (C=O) groups is 1. The highest BCUT2D eigenvalue weighted by molar-refractivity contribution is 9.12. The second-order valence-corrected chi connectivity index (χ2v) is 6.87. The van der Waals surface area contributed by atoms with Crippen molar-refractivity contribution in [3.8, 4) is 0 Å². The maximum Gasteiger partial charge on any atom is 0.250 e. The summed E-state index contributed by atoms with van der Waals surface area (Å²) in [6.07, 6.45) is 4.81. The molecule has 0 aliphatic carbocycles. The summed E-state index contributed by atoms with van der Waals surface area (Å²) in [6.45, 7) is 0. The van der Waals surface area contributed by atoms with E-state index in [1.54, 1.807) is 6.07 Å². The number of hydrogen-bond acceptors (Lipinski definition) is 7. The first kappa shape index (κ1) is 18.1. The minimum Gasteiger partial charge on any atom is -0.383 e. The van der Waals surface area contributed by atoms with Crippen LogP contribution in [0.3, 0.4) is 0 Å². The Morgan fingerprint density at radius 2 is 2.19 bits per heavy atom. The molecule has 0 bridgehead atoms. The molecule has 0 unspecified atom stereocenters. The second-order valence-electron chi connectivity index (χ2n) is 5.02. The Hall–Kier alpha value is -2.72. The first-order valence-corrected chi connectivity index (χ1v) is 9.23. The molecule has 3 N–H and O–H groups in total. The minimum absolute atomic E-state index is 0.114. The SMILES string of the molecule is Nc1cc2ncnn2c(SCC(=O)N/N=C\C(Br)=C\c2ccccc2)n1. The lowest BCUT2D eigenvalue weighted by atomic mass is 10.2. The normalized spacial score (nSPS) is 12.0. The first-order valence-electron chi connectivity index (χ1n) is 7.45. The predicted octanol–water partition coefficient (Wildman–Crippen LogP) is 2.34. The van der Waals surface area contributed by atoms with E-state index in [-0.39, 0.29) is 11.7 Å². The molecule has 3 rings (SSSR count). The van der Waals surface area contributed by atoms with Gasteiger partial charge in [-0.25, -0.2) is 15.4 Å². The predicted molar refractivity (Wildman–Crippen MR) is 106 cm³/mol. The lowest BCUT2D eigenvalue weighted by molar-refractivity contribution is -0.118. The van der Waals surface area contributed by atoms with Crippen molar-refractivity contribution in [1.29, 1.82) is 0 Å². The molecule has 1 amide bonds. The van der Waals surface area contributed by atoms with Gasteiger partial charge in [-0.15, -0.1) is 0 Å². The molecule has 10 heteroatoms. The van der Waals surface area contributed by atoms with Crippen LogP contribution in [0.25, 0.3) is 11.7 Å². The van der Waals surface area contributed by atoms with E-state index in [1.165, 1.54) is 28.8 Å². The van der Waals surface area contributed by atoms with Gasteiger partial charge in [0.15, 0.2) is 10.8 Å². The van der Waals surface area contributed by atoms with Crippen molar-refractivity contribution >= 4 is 57.4 Å². The van der Waals surface area contributed by atoms with Crippen LogP contribution in [0.15, 0.2) is 57.5 Å². The molecule has 3 aromatic rings. The van der Waals surface area contributed by atoms with Gasteiger partial charge in [-0.05, 0) is 27.6 Å². The highest BCUT2D eigenvalue weighted by atomic mass is 79.9. The molecular weight excluding hydrogens is 418 g/mol. The lowest BCUT2D eigenvalue weighted by Gasteiger charge is -2.03. The molecule has 2 heterocycles. The number of amides is 1. The summed E-state index contributed by atoms with van der Waals surface area (Å²) in [5.74, 6) is 0.160. The van der Waals surface area contributed by atoms with Crippen LogP contribution in [0.1, 0.15) is 5.56 Å². The van der Waals surface area contributed by atoms with Crippen LogP contribution in [0.4, 0.5) is 5.82 Å². The van der Waals surface area contributed by atoms with E-state index in [2.05, 4.69) is 41.5 Å². The third-order valence-corrected chi connectivity index (χ3v) is 4.43. The third kappa shape index (κ3) is 4.90. The Labute approximate surface area is 161 Å². The van der Waals surface area contributed by atoms with Crippen molar-refractivity contribution in [1.82, 2.24) is 25.0 Å². The minimum atomic E-state index is -0.274. The summed E-state index contributed by atoms with van der Waals surface area (Å²) in [4.78, 5) is 20.2. The maximum atomic E-state index is 11.9. The summed E-state index contributed by atoms with van der Waals surface area (Å²) >= 11 is 4.58. The van der Waals surface area contributed by atoms with Gasteiger partial charge < -0.3 is 5.73 Å². The topological polar surface area (TPSA) is 111 Å². The zero-order valence-electron chi connectivity index (χ0n) is 13.4. The molecule has 0 spiro atoms. The monoisotopic (exact) mass is 431 g/mol. The van der Waals surface area contributed by atoms with Gasteiger partial charge in [0, 0.05) is 10.5 Å². The Balaban J connectivity index is 1.54. The number of rotatable bonds is 6. The van der Waals surface area contributed by atoms with Crippen molar-refractivity contribution in [3.63, 3.8) is 0 Å². The van der Waals surface area contributed by atoms with Crippen LogP contribution in [0.5, 0.6) is 0 Å². The van der Waals surface area contributed by atoms with Crippen molar-refractivity contribution < 1.29 is 4.79 Å². The first-order chi connectivity index (χ1) is 12.6. The molecular formula is C16H14BrN7OS. The summed E-state index contributed by atoms with van der Waals surface area (Å²) in [7, 11) is 0. The van der Waals surface area contributed by atoms with Crippen molar-refractivity contribution in [2.24, 2.45) is 5.10 Å². The highest BCUT2D eigenvalue weighted by Gasteiger charge is 2.09. The number of nitrogen functional groups attached to an aromatic ring is 1. The van der Waals surface area contributed by atoms with Gasteiger partial charge in [0.1, 0.15) is 12.1 Å². The van der Waals surface area contributed by atoms with E-state index in [4.69, 9.17) is 5.73 Å². The Bertz CT molecular complexity index is 971. The molecule has 26 heavy (non-hydrogen) atoms. The molecule has 0 fully saturated rings. The van der Waals surface area contributed by atoms with E-state index in [9.17, 15) is 4.79 Å². The van der Waals surface area contributed by atoms with Gasteiger partial charge in [0.2, 0.25) is 0 Å². The summed E-state index contributed by atoms with van der Waals surface area (Å²) < 4.78 is 2.26. The van der Waals surface area contributed by atoms with E-state index in [0.29, 0.717) is 16.6 Å². The molecule has 0 aliphatic rings. The number of hydrogen-bond donors (Lipinski definition) is 2. The van der Waals surface area contributed by atoms with E-state index >= 15 is 0 Å². The summed E-state index contributed by atoms with van der Waals surface area (Å²) in [5.41, 5.74) is 9.79. The second kappa shape index (κ2) is 8.59. The average molecular weight is 432 g/mol. The fraction of sp³-hybridized carbons (Fsp3) is 0.0625. The van der Waals surface area contributed by atoms with Crippen molar-refractivity contribution in [2.45, 2.75) is 5.16 Å². The van der Waals surface area contributed by atoms with E-state index in [0.717, 1.165) is 10.0 Å². The molecule has 0 aliphatic heterocycles. The number of nitrogens with one attached hydrogen (secondary N) is 1. The lowest BCUT2D eigenvalue weighted by Crippen LogP contribution is -2.20. The third-order valence-electron chi connectivity index (χ3n) is 3.07. The largest absolute Gasteiger partial charge is 0.383 e. The van der Waals surface area contributed by atoms with Crippen LogP contribution in [0.2, 0.25) is 0 Å². The summed E-state index contributed by atoms with van der Waals surface area (Å²) in [5, 5.41) is 8.46. The van der Waals surface area contributed by atoms with Gasteiger partial charge in [-0.2, -0.15) is 14.7 Å². The van der Waals surface area contributed by atoms with Crippen molar-refractivity contribution in [2.75, 3.05) is 11.5 Å². The number of fused-ring (bicyclic) bond motifs is 1. The van der Waals surface area contributed by atoms with Crippen LogP contribution in [-0.2, 0) is 4.79 Å². The number of allylic oxidation sites excluding steroid dienone is 1. The molecule has 0 atom stereocenters. The maximum absolute atomic E-state index is 11.9. The van der Waals surface area contributed by atoms with Gasteiger partial charge in [0.05, 0.1) is 12.0 Å². The Morgan fingerprint density at radius 3 is 3.00 bits per heavy atom. The zero-order chi connectivity index (χ0) is 18.4. The highest BCUT2D eigenvalue weighted by Crippen LogP contribution is 2.17. The van der Waals surface area contributed by atoms with Gasteiger partial charge in [-0.3, -0.25) is 4.79 Å². The van der Waals surface area contributed by atoms with Gasteiger partial charge >= 0.3 is 0 Å². The van der Waals surface area contributed by atoms with Gasteiger partial charge in [0.25, 0.3) is 5.91 Å². The fourth-order valence-corrected chi connectivity index (χ4v) is 3.11. The van der Waals surface area contributed by atoms with Crippen LogP contribution in [-0.4, -0.2) is 37.5 Å². The van der Waals surface area contributed by atoms with E-state index in [1.807, 2.05) is 36.4 Å². The van der Waals surface area contributed by atoms with Gasteiger partial charge in [-0.1, -0.05) is 42.1 Å². The Morgan fingerprint density at radius 1 is 1.38 bits per heavy atom. The smallest absolute Gasteiger partial charge is 0.250 e. The van der Waals surface area contributed by atoms with E-state index < -0.39 is 0 Å². The number of hydrazone groups is 1. The van der Waals surface area contributed by atoms with Crippen LogP contribution < -0.4 is 11.2 Å². The number of halogens is 1. The number of nitrogens with zero attached hydrogens (tertiary/aromatic N) is 5. The number of aromatic nitrogens is 4. The number of anilines is 1. The standard InChI is InChI=1S/C16H14BrN7OS/c17-12(6-11-4-2-1-3-5-11)8-20-23-15(25)9-26-16-22-13(18)7-14-19-10-21-24(14)16/h1-8,10H,9,18H2,(H,23,25)/b12-6-,20-8-. The zero-order valence-corrected chi connectivity index (χ0v) is 15.8. The summed E-state index contributed by atoms with van der Waals surface area (Å²) in [6, 6.07) is 11.4. The molecule has 0 saturated carbocycles. The fourth-order valence-electron chi connectivity index (χ4n) is 1.99. The molecule has 0 saturated heterocycles. The van der Waals surface area contributed by atoms with Crippen LogP contribution >= 0.6 is 27.7 Å². The Kier molecular flexibility index (Phi) is 5.97. The molecule has 1 aromatic carbocycles. The number of nitrogens with two attached hydrogens (primary N) is 1. The molecule has 0 radical (unpaired) electrons. The molecule has 132 valence electrons. The van der Waals surface area contributed by atoms with Crippen LogP contribution in [0, 0.1) is 0 Å².